The Morgan fingerprint density at radius 2 is 1.83 bits per heavy atom. The van der Waals surface area contributed by atoms with Crippen LogP contribution in [0.4, 0.5) is 0 Å². The number of carbonyl (C=O) groups is 1. The quantitative estimate of drug-likeness (QED) is 0.186. The first-order valence-corrected chi connectivity index (χ1v) is 11.0. The van der Waals surface area contributed by atoms with Crippen molar-refractivity contribution in [3.63, 3.8) is 0 Å². The van der Waals surface area contributed by atoms with Crippen LogP contribution in [0.1, 0.15) is 74.7 Å². The summed E-state index contributed by atoms with van der Waals surface area (Å²) in [6.45, 7) is 18.7. The summed E-state index contributed by atoms with van der Waals surface area (Å²) in [5.41, 5.74) is 5.31. The van der Waals surface area contributed by atoms with E-state index in [-0.39, 0.29) is 17.6 Å². The average Bonchev–Trinajstić information content (AvgIpc) is 2.61. The summed E-state index contributed by atoms with van der Waals surface area (Å²) >= 11 is 0. The SMILES string of the molecule is CCN(CC)C(C)OC(=O)/C=C(C)/C=C/C=C(C)/C=C/C1=C(C)CCCC1(C)C. The zero-order valence-electron chi connectivity index (χ0n) is 19.8. The van der Waals surface area contributed by atoms with Crippen LogP contribution in [0.2, 0.25) is 0 Å². The predicted molar refractivity (Wildman–Crippen MR) is 125 cm³/mol. The number of carbonyl (C=O) groups excluding carboxylic acids is 1. The molecule has 0 aliphatic heterocycles. The first-order valence-electron chi connectivity index (χ1n) is 11.0. The molecule has 29 heavy (non-hydrogen) atoms. The summed E-state index contributed by atoms with van der Waals surface area (Å²) in [6, 6.07) is 0. The Morgan fingerprint density at radius 3 is 2.41 bits per heavy atom. The average molecular weight is 400 g/mol. The highest BCUT2D eigenvalue weighted by atomic mass is 16.6. The molecular weight excluding hydrogens is 358 g/mol. The van der Waals surface area contributed by atoms with Gasteiger partial charge in [0.1, 0.15) is 0 Å². The van der Waals surface area contributed by atoms with E-state index >= 15 is 0 Å². The van der Waals surface area contributed by atoms with E-state index in [1.54, 1.807) is 6.08 Å². The largest absolute Gasteiger partial charge is 0.443 e. The number of esters is 1. The molecular formula is C26H41NO2. The molecule has 0 aromatic rings. The Kier molecular flexibility index (Phi) is 10.4. The molecule has 0 N–H and O–H groups in total. The monoisotopic (exact) mass is 399 g/mol. The van der Waals surface area contributed by atoms with Crippen molar-refractivity contribution in [3.8, 4) is 0 Å². The van der Waals surface area contributed by atoms with E-state index in [4.69, 9.17) is 4.74 Å². The zero-order chi connectivity index (χ0) is 22.0. The third-order valence-corrected chi connectivity index (χ3v) is 5.73. The molecule has 162 valence electrons. The lowest BCUT2D eigenvalue weighted by Gasteiger charge is -2.32. The summed E-state index contributed by atoms with van der Waals surface area (Å²) in [5.74, 6) is -0.297. The molecule has 0 saturated heterocycles. The van der Waals surface area contributed by atoms with Crippen molar-refractivity contribution in [1.82, 2.24) is 4.90 Å². The van der Waals surface area contributed by atoms with E-state index in [1.807, 2.05) is 26.0 Å². The Balaban J connectivity index is 2.69. The molecule has 0 spiro atoms. The molecule has 1 aliphatic carbocycles. The van der Waals surface area contributed by atoms with Crippen molar-refractivity contribution < 1.29 is 9.53 Å². The molecule has 1 atom stereocenters. The normalized spacial score (nSPS) is 19.5. The van der Waals surface area contributed by atoms with Crippen LogP contribution in [0.5, 0.6) is 0 Å². The van der Waals surface area contributed by atoms with Crippen LogP contribution in [-0.4, -0.2) is 30.2 Å². The smallest absolute Gasteiger partial charge is 0.332 e. The fourth-order valence-corrected chi connectivity index (χ4v) is 3.88. The Labute approximate surface area is 178 Å². The third-order valence-electron chi connectivity index (χ3n) is 5.73. The Morgan fingerprint density at radius 1 is 1.17 bits per heavy atom. The number of allylic oxidation sites excluding steroid dienone is 9. The second kappa shape index (κ2) is 12.0. The van der Waals surface area contributed by atoms with Gasteiger partial charge in [0, 0.05) is 6.08 Å². The molecule has 0 aromatic carbocycles. The first-order chi connectivity index (χ1) is 13.6. The fraction of sp³-hybridized carbons (Fsp3) is 0.577. The minimum atomic E-state index is -0.297. The summed E-state index contributed by atoms with van der Waals surface area (Å²) < 4.78 is 5.47. The molecule has 0 heterocycles. The maximum absolute atomic E-state index is 12.1. The summed E-state index contributed by atoms with van der Waals surface area (Å²) in [4.78, 5) is 14.2. The van der Waals surface area contributed by atoms with Crippen molar-refractivity contribution in [2.24, 2.45) is 5.41 Å². The highest BCUT2D eigenvalue weighted by Crippen LogP contribution is 2.40. The van der Waals surface area contributed by atoms with Gasteiger partial charge >= 0.3 is 5.97 Å². The van der Waals surface area contributed by atoms with E-state index in [1.165, 1.54) is 36.0 Å². The van der Waals surface area contributed by atoms with E-state index in [0.29, 0.717) is 0 Å². The van der Waals surface area contributed by atoms with Crippen LogP contribution in [0.15, 0.2) is 58.7 Å². The van der Waals surface area contributed by atoms with Crippen molar-refractivity contribution in [1.29, 1.82) is 0 Å². The van der Waals surface area contributed by atoms with Crippen LogP contribution in [-0.2, 0) is 9.53 Å². The predicted octanol–water partition coefficient (Wildman–Crippen LogP) is 6.75. The van der Waals surface area contributed by atoms with Crippen molar-refractivity contribution >= 4 is 5.97 Å². The molecule has 0 saturated carbocycles. The van der Waals surface area contributed by atoms with E-state index < -0.39 is 0 Å². The molecule has 1 aliphatic rings. The van der Waals surface area contributed by atoms with Gasteiger partial charge in [0.25, 0.3) is 0 Å². The number of hydrogen-bond donors (Lipinski definition) is 0. The van der Waals surface area contributed by atoms with Gasteiger partial charge < -0.3 is 4.74 Å². The Bertz CT molecular complexity index is 700. The topological polar surface area (TPSA) is 29.5 Å². The highest BCUT2D eigenvalue weighted by Gasteiger charge is 2.26. The van der Waals surface area contributed by atoms with Gasteiger partial charge in [-0.15, -0.1) is 0 Å². The molecule has 3 heteroatoms. The van der Waals surface area contributed by atoms with Crippen LogP contribution < -0.4 is 0 Å². The second-order valence-electron chi connectivity index (χ2n) is 8.68. The number of nitrogens with zero attached hydrogens (tertiary/aromatic N) is 1. The minimum Gasteiger partial charge on any atom is -0.443 e. The van der Waals surface area contributed by atoms with Crippen LogP contribution in [0.3, 0.4) is 0 Å². The summed E-state index contributed by atoms with van der Waals surface area (Å²) in [7, 11) is 0. The van der Waals surface area contributed by atoms with Crippen LogP contribution in [0, 0.1) is 5.41 Å². The van der Waals surface area contributed by atoms with Crippen molar-refractivity contribution in [2.45, 2.75) is 80.9 Å². The van der Waals surface area contributed by atoms with Crippen molar-refractivity contribution in [3.05, 3.63) is 58.7 Å². The molecule has 0 radical (unpaired) electrons. The number of rotatable bonds is 9. The van der Waals surface area contributed by atoms with E-state index in [0.717, 1.165) is 18.7 Å². The molecule has 0 aromatic heterocycles. The number of ether oxygens (including phenoxy) is 1. The maximum atomic E-state index is 12.1. The van der Waals surface area contributed by atoms with Gasteiger partial charge in [-0.1, -0.05) is 69.2 Å². The minimum absolute atomic E-state index is 0.209. The van der Waals surface area contributed by atoms with Crippen LogP contribution >= 0.6 is 0 Å². The second-order valence-corrected chi connectivity index (χ2v) is 8.68. The summed E-state index contributed by atoms with van der Waals surface area (Å²) in [6.07, 6.45) is 15.6. The zero-order valence-corrected chi connectivity index (χ0v) is 19.8. The maximum Gasteiger partial charge on any atom is 0.332 e. The molecule has 1 unspecified atom stereocenters. The summed E-state index contributed by atoms with van der Waals surface area (Å²) in [5, 5.41) is 0. The fourth-order valence-electron chi connectivity index (χ4n) is 3.88. The van der Waals surface area contributed by atoms with Gasteiger partial charge in [-0.3, -0.25) is 4.90 Å². The standard InChI is InChI=1S/C26H41NO2/c1-9-27(10-2)23(6)29-25(28)19-21(4)14-11-13-20(3)16-17-24-22(5)15-12-18-26(24,7)8/h11,13-14,16-17,19,23H,9-10,12,15,18H2,1-8H3/b14-11+,17-16+,20-13+,21-19+. The third kappa shape index (κ3) is 8.57. The van der Waals surface area contributed by atoms with E-state index in [2.05, 4.69) is 64.7 Å². The molecule has 0 fully saturated rings. The van der Waals surface area contributed by atoms with Gasteiger partial charge in [-0.2, -0.15) is 0 Å². The lowest BCUT2D eigenvalue weighted by atomic mass is 9.72. The molecule has 0 amide bonds. The van der Waals surface area contributed by atoms with Gasteiger partial charge in [-0.25, -0.2) is 4.79 Å². The van der Waals surface area contributed by atoms with Crippen molar-refractivity contribution in [2.75, 3.05) is 13.1 Å². The number of hydrogen-bond acceptors (Lipinski definition) is 3. The van der Waals surface area contributed by atoms with Crippen LogP contribution in [0.25, 0.3) is 0 Å². The molecule has 3 nitrogen and oxygen atoms in total. The van der Waals surface area contributed by atoms with E-state index in [9.17, 15) is 4.79 Å². The Hall–Kier alpha value is -1.87. The lowest BCUT2D eigenvalue weighted by Crippen LogP contribution is -2.36. The lowest BCUT2D eigenvalue weighted by molar-refractivity contribution is -0.151. The first kappa shape index (κ1) is 25.2. The molecule has 1 rings (SSSR count). The molecule has 0 bridgehead atoms. The van der Waals surface area contributed by atoms with Gasteiger partial charge in [0.15, 0.2) is 6.23 Å². The van der Waals surface area contributed by atoms with Gasteiger partial charge in [0.05, 0.1) is 0 Å². The van der Waals surface area contributed by atoms with Gasteiger partial charge in [0.2, 0.25) is 0 Å². The van der Waals surface area contributed by atoms with Gasteiger partial charge in [-0.05, 0) is 76.6 Å². The highest BCUT2D eigenvalue weighted by molar-refractivity contribution is 5.83.